The molecule has 2 aliphatic heterocycles. The second kappa shape index (κ2) is 12.1. The SMILES string of the molecule is CC(=C1CCC1)N1CCC(CCNC(=O)c2cccc(CNc3ncc(-c4ccncc4)c4c3CCO4)c2)CC1. The molecule has 2 fully saturated rings. The van der Waals surface area contributed by atoms with E-state index in [1.54, 1.807) is 18.0 Å². The first-order chi connectivity index (χ1) is 19.7. The van der Waals surface area contributed by atoms with E-state index in [9.17, 15) is 4.79 Å². The summed E-state index contributed by atoms with van der Waals surface area (Å²) in [6.07, 6.45) is 13.7. The lowest BCUT2D eigenvalue weighted by Crippen LogP contribution is -2.35. The van der Waals surface area contributed by atoms with Crippen LogP contribution in [-0.2, 0) is 13.0 Å². The topological polar surface area (TPSA) is 79.4 Å². The van der Waals surface area contributed by atoms with Crippen molar-refractivity contribution in [1.82, 2.24) is 20.2 Å². The van der Waals surface area contributed by atoms with Gasteiger partial charge in [0.1, 0.15) is 11.6 Å². The fourth-order valence-corrected chi connectivity index (χ4v) is 6.07. The van der Waals surface area contributed by atoms with Crippen LogP contribution in [0.25, 0.3) is 11.1 Å². The van der Waals surface area contributed by atoms with Crippen molar-refractivity contribution in [2.45, 2.75) is 58.4 Å². The monoisotopic (exact) mass is 537 g/mol. The standard InChI is InChI=1S/C33H39N5O2/c1-23(26-5-3-6-26)38-17-11-24(12-18-38)8-16-35-33(39)28-7-2-4-25(20-28)21-36-32-29-13-19-40-31(29)30(22-37-32)27-9-14-34-15-10-27/h2,4,7,9-10,14-15,20,22,24H,3,5-6,8,11-13,16-19,21H2,1H3,(H,35,39)(H,36,37). The summed E-state index contributed by atoms with van der Waals surface area (Å²) in [4.78, 5) is 24.3. The van der Waals surface area contributed by atoms with Gasteiger partial charge in [0.2, 0.25) is 0 Å². The number of rotatable bonds is 9. The van der Waals surface area contributed by atoms with Crippen molar-refractivity contribution in [3.8, 4) is 16.9 Å². The molecule has 1 aliphatic carbocycles. The maximum atomic E-state index is 12.9. The first-order valence-corrected chi connectivity index (χ1v) is 14.8. The van der Waals surface area contributed by atoms with Gasteiger partial charge in [-0.2, -0.15) is 0 Å². The van der Waals surface area contributed by atoms with Gasteiger partial charge in [0.25, 0.3) is 5.91 Å². The molecule has 40 heavy (non-hydrogen) atoms. The number of hydrogen-bond donors (Lipinski definition) is 2. The minimum Gasteiger partial charge on any atom is -0.492 e. The molecule has 7 nitrogen and oxygen atoms in total. The minimum absolute atomic E-state index is 0.000956. The van der Waals surface area contributed by atoms with Crippen molar-refractivity contribution in [2.24, 2.45) is 5.92 Å². The van der Waals surface area contributed by atoms with Gasteiger partial charge in [-0.05, 0) is 86.8 Å². The number of hydrogen-bond acceptors (Lipinski definition) is 6. The molecule has 0 spiro atoms. The molecule has 2 N–H and O–H groups in total. The van der Waals surface area contributed by atoms with Gasteiger partial charge in [0.05, 0.1) is 6.61 Å². The van der Waals surface area contributed by atoms with Gasteiger partial charge in [0, 0.05) is 73.6 Å². The number of pyridine rings is 2. The van der Waals surface area contributed by atoms with E-state index in [0.29, 0.717) is 24.6 Å². The number of piperidine rings is 1. The Morgan fingerprint density at radius 3 is 2.70 bits per heavy atom. The summed E-state index contributed by atoms with van der Waals surface area (Å²) >= 11 is 0. The zero-order valence-corrected chi connectivity index (χ0v) is 23.4. The van der Waals surface area contributed by atoms with E-state index in [2.05, 4.69) is 27.4 Å². The number of anilines is 1. The third-order valence-corrected chi connectivity index (χ3v) is 8.76. The highest BCUT2D eigenvalue weighted by Crippen LogP contribution is 2.39. The Morgan fingerprint density at radius 1 is 1.10 bits per heavy atom. The molecular weight excluding hydrogens is 498 g/mol. The van der Waals surface area contributed by atoms with Gasteiger partial charge in [0.15, 0.2) is 0 Å². The summed E-state index contributed by atoms with van der Waals surface area (Å²) in [5.74, 6) is 2.42. The number of ether oxygens (including phenoxy) is 1. The Morgan fingerprint density at radius 2 is 1.93 bits per heavy atom. The number of carbonyl (C=O) groups is 1. The fraction of sp³-hybridized carbons (Fsp3) is 0.424. The molecule has 3 aromatic rings. The van der Waals surface area contributed by atoms with Gasteiger partial charge in [-0.25, -0.2) is 4.98 Å². The number of nitrogens with zero attached hydrogens (tertiary/aromatic N) is 3. The summed E-state index contributed by atoms with van der Waals surface area (Å²) in [7, 11) is 0. The van der Waals surface area contributed by atoms with Crippen LogP contribution in [0.2, 0.25) is 0 Å². The molecule has 7 heteroatoms. The molecule has 1 amide bonds. The zero-order chi connectivity index (χ0) is 27.3. The van der Waals surface area contributed by atoms with Crippen molar-refractivity contribution < 1.29 is 9.53 Å². The molecule has 0 bridgehead atoms. The van der Waals surface area contributed by atoms with Crippen molar-refractivity contribution in [1.29, 1.82) is 0 Å². The minimum atomic E-state index is -0.000956. The Bertz CT molecular complexity index is 1370. The van der Waals surface area contributed by atoms with Crippen molar-refractivity contribution >= 4 is 11.7 Å². The van der Waals surface area contributed by atoms with Crippen LogP contribution < -0.4 is 15.4 Å². The zero-order valence-electron chi connectivity index (χ0n) is 23.4. The lowest BCUT2D eigenvalue weighted by atomic mass is 9.88. The van der Waals surface area contributed by atoms with Crippen LogP contribution in [0.5, 0.6) is 5.75 Å². The maximum Gasteiger partial charge on any atom is 0.251 e. The average molecular weight is 538 g/mol. The van der Waals surface area contributed by atoms with Crippen molar-refractivity contribution in [3.63, 3.8) is 0 Å². The molecule has 1 saturated carbocycles. The molecule has 6 rings (SSSR count). The van der Waals surface area contributed by atoms with Gasteiger partial charge >= 0.3 is 0 Å². The molecule has 4 heterocycles. The van der Waals surface area contributed by atoms with Crippen molar-refractivity contribution in [2.75, 3.05) is 31.6 Å². The van der Waals surface area contributed by atoms with E-state index in [1.807, 2.05) is 42.6 Å². The summed E-state index contributed by atoms with van der Waals surface area (Å²) in [6.45, 7) is 6.57. The number of carbonyl (C=O) groups excluding carboxylic acids is 1. The highest BCUT2D eigenvalue weighted by molar-refractivity contribution is 5.94. The quantitative estimate of drug-likeness (QED) is 0.350. The first kappa shape index (κ1) is 26.4. The first-order valence-electron chi connectivity index (χ1n) is 14.8. The number of nitrogens with one attached hydrogen (secondary N) is 2. The average Bonchev–Trinajstić information content (AvgIpc) is 3.46. The highest BCUT2D eigenvalue weighted by Gasteiger charge is 2.24. The summed E-state index contributed by atoms with van der Waals surface area (Å²) in [5, 5.41) is 6.63. The molecule has 208 valence electrons. The van der Waals surface area contributed by atoms with Crippen LogP contribution in [0.4, 0.5) is 5.82 Å². The van der Waals surface area contributed by atoms with Gasteiger partial charge in [-0.3, -0.25) is 9.78 Å². The van der Waals surface area contributed by atoms with E-state index < -0.39 is 0 Å². The molecular formula is C33H39N5O2. The fourth-order valence-electron chi connectivity index (χ4n) is 6.07. The predicted octanol–water partition coefficient (Wildman–Crippen LogP) is 5.98. The van der Waals surface area contributed by atoms with E-state index in [1.165, 1.54) is 37.8 Å². The molecule has 0 radical (unpaired) electrons. The largest absolute Gasteiger partial charge is 0.492 e. The molecule has 0 unspecified atom stereocenters. The van der Waals surface area contributed by atoms with Crippen LogP contribution in [0.3, 0.4) is 0 Å². The number of benzene rings is 1. The number of likely N-dealkylation sites (tertiary alicyclic amines) is 1. The van der Waals surface area contributed by atoms with Crippen LogP contribution in [0.15, 0.2) is 66.3 Å². The molecule has 1 saturated heterocycles. The summed E-state index contributed by atoms with van der Waals surface area (Å²) < 4.78 is 5.98. The number of fused-ring (bicyclic) bond motifs is 1. The van der Waals surface area contributed by atoms with Gasteiger partial charge in [-0.1, -0.05) is 17.7 Å². The molecule has 3 aliphatic rings. The van der Waals surface area contributed by atoms with Crippen LogP contribution >= 0.6 is 0 Å². The third-order valence-electron chi connectivity index (χ3n) is 8.76. The van der Waals surface area contributed by atoms with Crippen LogP contribution in [0.1, 0.15) is 66.9 Å². The molecule has 2 aromatic heterocycles. The normalized spacial score (nSPS) is 16.6. The van der Waals surface area contributed by atoms with Crippen LogP contribution in [0, 0.1) is 5.92 Å². The Balaban J connectivity index is 0.999. The van der Waals surface area contributed by atoms with E-state index in [-0.39, 0.29) is 5.91 Å². The summed E-state index contributed by atoms with van der Waals surface area (Å²) in [6, 6.07) is 11.8. The Labute approximate surface area is 237 Å². The maximum absolute atomic E-state index is 12.9. The lowest BCUT2D eigenvalue weighted by Gasteiger charge is -2.37. The lowest BCUT2D eigenvalue weighted by molar-refractivity contribution is 0.0949. The number of amides is 1. The van der Waals surface area contributed by atoms with E-state index in [4.69, 9.17) is 9.72 Å². The molecule has 0 atom stereocenters. The van der Waals surface area contributed by atoms with Crippen LogP contribution in [-0.4, -0.2) is 47.0 Å². The number of allylic oxidation sites excluding steroid dienone is 2. The smallest absolute Gasteiger partial charge is 0.251 e. The van der Waals surface area contributed by atoms with Crippen molar-refractivity contribution in [3.05, 3.63) is 82.9 Å². The second-order valence-corrected chi connectivity index (χ2v) is 11.2. The molecule has 1 aromatic carbocycles. The van der Waals surface area contributed by atoms with Gasteiger partial charge < -0.3 is 20.3 Å². The second-order valence-electron chi connectivity index (χ2n) is 11.2. The Hall–Kier alpha value is -3.87. The number of aromatic nitrogens is 2. The Kier molecular flexibility index (Phi) is 7.98. The third kappa shape index (κ3) is 5.83. The van der Waals surface area contributed by atoms with Gasteiger partial charge in [-0.15, -0.1) is 0 Å². The highest BCUT2D eigenvalue weighted by atomic mass is 16.5. The van der Waals surface area contributed by atoms with E-state index in [0.717, 1.165) is 66.3 Å². The predicted molar refractivity (Wildman–Crippen MR) is 158 cm³/mol. The van der Waals surface area contributed by atoms with E-state index >= 15 is 0 Å². The summed E-state index contributed by atoms with van der Waals surface area (Å²) in [5.41, 5.74) is 8.08.